The van der Waals surface area contributed by atoms with Gasteiger partial charge in [-0.05, 0) is 36.4 Å². The van der Waals surface area contributed by atoms with Crippen LogP contribution >= 0.6 is 23.2 Å². The molecule has 0 aliphatic heterocycles. The van der Waals surface area contributed by atoms with Gasteiger partial charge < -0.3 is 10.2 Å². The molecular weight excluding hydrogens is 301 g/mol. The fourth-order valence-corrected chi connectivity index (χ4v) is 1.79. The Morgan fingerprint density at radius 2 is 1.85 bits per heavy atom. The minimum atomic E-state index is -1.07. The van der Waals surface area contributed by atoms with E-state index in [0.29, 0.717) is 21.3 Å². The molecule has 2 aromatic rings. The van der Waals surface area contributed by atoms with Crippen LogP contribution in [0, 0.1) is 0 Å². The molecule has 20 heavy (non-hydrogen) atoms. The first-order valence-electron chi connectivity index (χ1n) is 5.53. The summed E-state index contributed by atoms with van der Waals surface area (Å²) in [6.45, 7) is 0. The van der Waals surface area contributed by atoms with Crippen molar-refractivity contribution in [3.8, 4) is 5.75 Å². The average Bonchev–Trinajstić information content (AvgIpc) is 2.41. The Labute approximate surface area is 124 Å². The number of carbonyl (C=O) groups is 1. The van der Waals surface area contributed by atoms with Crippen LogP contribution in [0.3, 0.4) is 0 Å². The van der Waals surface area contributed by atoms with Gasteiger partial charge in [-0.25, -0.2) is 4.79 Å². The molecule has 2 aromatic carbocycles. The van der Waals surface area contributed by atoms with E-state index < -0.39 is 5.97 Å². The monoisotopic (exact) mass is 309 g/mol. The molecule has 0 radical (unpaired) electrons. The molecule has 0 spiro atoms. The number of phenols is 1. The van der Waals surface area contributed by atoms with Crippen LogP contribution in [0.25, 0.3) is 0 Å². The number of aromatic hydroxyl groups is 1. The summed E-state index contributed by atoms with van der Waals surface area (Å²) >= 11 is 11.7. The molecule has 0 aromatic heterocycles. The van der Waals surface area contributed by atoms with Crippen molar-refractivity contribution in [3.05, 3.63) is 57.6 Å². The van der Waals surface area contributed by atoms with Crippen LogP contribution in [0.15, 0.2) is 41.4 Å². The summed E-state index contributed by atoms with van der Waals surface area (Å²) in [5.41, 5.74) is 0.911. The third-order valence-corrected chi connectivity index (χ3v) is 3.27. The minimum Gasteiger partial charge on any atom is -0.507 e. The predicted molar refractivity (Wildman–Crippen MR) is 78.8 cm³/mol. The van der Waals surface area contributed by atoms with Crippen LogP contribution in [0.4, 0.5) is 5.69 Å². The molecule has 0 heterocycles. The highest BCUT2D eigenvalue weighted by atomic mass is 35.5. The number of benzene rings is 2. The van der Waals surface area contributed by atoms with Crippen molar-refractivity contribution >= 4 is 41.1 Å². The Morgan fingerprint density at radius 3 is 2.50 bits per heavy atom. The predicted octanol–water partition coefficient (Wildman–Crippen LogP) is 4.15. The van der Waals surface area contributed by atoms with Gasteiger partial charge in [0.05, 0.1) is 21.3 Å². The number of halogens is 2. The first-order chi connectivity index (χ1) is 9.47. The van der Waals surface area contributed by atoms with Gasteiger partial charge in [-0.3, -0.25) is 4.99 Å². The van der Waals surface area contributed by atoms with Crippen LogP contribution in [0.5, 0.6) is 5.75 Å². The van der Waals surface area contributed by atoms with Crippen molar-refractivity contribution in [1.29, 1.82) is 0 Å². The summed E-state index contributed by atoms with van der Waals surface area (Å²) in [6.07, 6.45) is 1.36. The third-order valence-electron chi connectivity index (χ3n) is 2.53. The fraction of sp³-hybridized carbons (Fsp3) is 0. The summed E-state index contributed by atoms with van der Waals surface area (Å²) < 4.78 is 0. The Kier molecular flexibility index (Phi) is 4.27. The van der Waals surface area contributed by atoms with Crippen LogP contribution in [-0.4, -0.2) is 22.4 Å². The maximum absolute atomic E-state index is 10.9. The number of aliphatic imine (C=N–C) groups is 1. The number of nitrogens with zero attached hydrogens (tertiary/aromatic N) is 1. The van der Waals surface area contributed by atoms with E-state index in [4.69, 9.17) is 28.3 Å². The van der Waals surface area contributed by atoms with Gasteiger partial charge in [-0.1, -0.05) is 23.2 Å². The zero-order valence-electron chi connectivity index (χ0n) is 10.0. The maximum Gasteiger partial charge on any atom is 0.335 e. The molecule has 0 saturated carbocycles. The largest absolute Gasteiger partial charge is 0.507 e. The van der Waals surface area contributed by atoms with E-state index in [2.05, 4.69) is 4.99 Å². The number of aromatic carboxylic acids is 1. The number of carboxylic acids is 1. The lowest BCUT2D eigenvalue weighted by Gasteiger charge is -2.01. The second kappa shape index (κ2) is 5.94. The quantitative estimate of drug-likeness (QED) is 0.837. The van der Waals surface area contributed by atoms with Crippen LogP contribution in [0.1, 0.15) is 15.9 Å². The lowest BCUT2D eigenvalue weighted by atomic mass is 10.1. The molecule has 0 atom stereocenters. The average molecular weight is 310 g/mol. The molecule has 0 bridgehead atoms. The number of carboxylic acid groups (broad SMARTS) is 1. The van der Waals surface area contributed by atoms with Crippen molar-refractivity contribution in [1.82, 2.24) is 0 Å². The zero-order valence-corrected chi connectivity index (χ0v) is 11.6. The summed E-state index contributed by atoms with van der Waals surface area (Å²) in [6, 6.07) is 8.78. The molecule has 2 N–H and O–H groups in total. The molecular formula is C14H9Cl2NO3. The Balaban J connectivity index is 2.33. The van der Waals surface area contributed by atoms with Crippen LogP contribution in [0.2, 0.25) is 10.0 Å². The van der Waals surface area contributed by atoms with E-state index in [1.807, 2.05) is 0 Å². The van der Waals surface area contributed by atoms with Gasteiger partial charge in [0.2, 0.25) is 0 Å². The van der Waals surface area contributed by atoms with E-state index >= 15 is 0 Å². The second-order valence-corrected chi connectivity index (χ2v) is 4.75. The van der Waals surface area contributed by atoms with Gasteiger partial charge >= 0.3 is 5.97 Å². The summed E-state index contributed by atoms with van der Waals surface area (Å²) in [7, 11) is 0. The highest BCUT2D eigenvalue weighted by molar-refractivity contribution is 6.42. The Bertz CT molecular complexity index is 699. The summed E-state index contributed by atoms with van der Waals surface area (Å²) in [4.78, 5) is 15.0. The van der Waals surface area contributed by atoms with Crippen LogP contribution < -0.4 is 0 Å². The first kappa shape index (κ1) is 14.4. The normalized spacial score (nSPS) is 10.9. The van der Waals surface area contributed by atoms with Gasteiger partial charge in [0.25, 0.3) is 0 Å². The van der Waals surface area contributed by atoms with Gasteiger partial charge in [0.15, 0.2) is 0 Å². The van der Waals surface area contributed by atoms with Gasteiger partial charge in [-0.15, -0.1) is 0 Å². The van der Waals surface area contributed by atoms with Crippen molar-refractivity contribution < 1.29 is 15.0 Å². The molecule has 0 saturated heterocycles. The number of hydrogen-bond donors (Lipinski definition) is 2. The van der Waals surface area contributed by atoms with E-state index in [1.165, 1.54) is 24.4 Å². The lowest BCUT2D eigenvalue weighted by molar-refractivity contribution is 0.0697. The molecule has 0 amide bonds. The molecule has 0 unspecified atom stereocenters. The van der Waals surface area contributed by atoms with Gasteiger partial charge in [0.1, 0.15) is 5.75 Å². The van der Waals surface area contributed by atoms with Crippen molar-refractivity contribution in [2.24, 2.45) is 4.99 Å². The van der Waals surface area contributed by atoms with E-state index in [9.17, 15) is 9.90 Å². The van der Waals surface area contributed by atoms with Crippen molar-refractivity contribution in [3.63, 3.8) is 0 Å². The van der Waals surface area contributed by atoms with E-state index in [-0.39, 0.29) is 11.3 Å². The van der Waals surface area contributed by atoms with Gasteiger partial charge in [-0.2, -0.15) is 0 Å². The molecule has 6 heteroatoms. The Morgan fingerprint density at radius 1 is 1.10 bits per heavy atom. The standard InChI is InChI=1S/C14H9Cl2NO3/c15-11-3-2-10(6-12(11)16)17-7-9-5-8(14(19)20)1-4-13(9)18/h1-7,18H,(H,19,20). The van der Waals surface area contributed by atoms with Crippen LogP contribution in [-0.2, 0) is 0 Å². The Hall–Kier alpha value is -2.04. The fourth-order valence-electron chi connectivity index (χ4n) is 1.50. The molecule has 102 valence electrons. The SMILES string of the molecule is O=C(O)c1ccc(O)c(C=Nc2ccc(Cl)c(Cl)c2)c1. The number of hydrogen-bond acceptors (Lipinski definition) is 3. The first-order valence-corrected chi connectivity index (χ1v) is 6.28. The summed E-state index contributed by atoms with van der Waals surface area (Å²) in [5.74, 6) is -1.13. The van der Waals surface area contributed by atoms with E-state index in [1.54, 1.807) is 18.2 Å². The second-order valence-electron chi connectivity index (χ2n) is 3.94. The number of rotatable bonds is 3. The molecule has 0 aliphatic rings. The highest BCUT2D eigenvalue weighted by Gasteiger charge is 2.06. The minimum absolute atomic E-state index is 0.0567. The smallest absolute Gasteiger partial charge is 0.335 e. The third kappa shape index (κ3) is 3.29. The maximum atomic E-state index is 10.9. The number of phenolic OH excluding ortho intramolecular Hbond substituents is 1. The van der Waals surface area contributed by atoms with Gasteiger partial charge in [0, 0.05) is 11.8 Å². The van der Waals surface area contributed by atoms with Crippen molar-refractivity contribution in [2.45, 2.75) is 0 Å². The molecule has 0 aliphatic carbocycles. The molecule has 0 fully saturated rings. The summed E-state index contributed by atoms with van der Waals surface area (Å²) in [5, 5.41) is 19.3. The molecule has 2 rings (SSSR count). The molecule has 4 nitrogen and oxygen atoms in total. The highest BCUT2D eigenvalue weighted by Crippen LogP contribution is 2.27. The zero-order chi connectivity index (χ0) is 14.7. The van der Waals surface area contributed by atoms with Crippen molar-refractivity contribution in [2.75, 3.05) is 0 Å². The topological polar surface area (TPSA) is 69.9 Å². The lowest BCUT2D eigenvalue weighted by Crippen LogP contribution is -1.97. The van der Waals surface area contributed by atoms with E-state index in [0.717, 1.165) is 0 Å².